The van der Waals surface area contributed by atoms with E-state index in [-0.39, 0.29) is 17.6 Å². The molecule has 1 aliphatic heterocycles. The maximum Gasteiger partial charge on any atom is 0.228 e. The number of Topliss-reactive ketones (excluding diaryl/α,β-unsaturated/α-hetero) is 1. The predicted octanol–water partition coefficient (Wildman–Crippen LogP) is 2.82. The van der Waals surface area contributed by atoms with Gasteiger partial charge in [-0.15, -0.1) is 11.3 Å². The van der Waals surface area contributed by atoms with Crippen molar-refractivity contribution in [3.05, 3.63) is 4.88 Å². The van der Waals surface area contributed by atoms with E-state index in [1.54, 1.807) is 0 Å². The van der Waals surface area contributed by atoms with Crippen molar-refractivity contribution in [1.29, 1.82) is 0 Å². The molecule has 7 heteroatoms. The number of nitrogens with one attached hydrogen (secondary N) is 1. The standard InChI is InChI=1S/C13H18N2O3S2/c1-3-9(16)10-11(15-13(19-2)20-10)14-12(17)8-4-6-18-7-5-8/h8H,3-7H2,1-2H3,(H,14,17). The normalized spacial score (nSPS) is 16.1. The van der Waals surface area contributed by atoms with E-state index in [1.165, 1.54) is 23.1 Å². The molecule has 1 aliphatic rings. The average molecular weight is 314 g/mol. The number of ketones is 1. The fraction of sp³-hybridized carbons (Fsp3) is 0.615. The monoisotopic (exact) mass is 314 g/mol. The fourth-order valence-electron chi connectivity index (χ4n) is 2.00. The number of amides is 1. The number of carbonyl (C=O) groups excluding carboxylic acids is 2. The first-order valence-electron chi connectivity index (χ1n) is 6.62. The fourth-order valence-corrected chi connectivity index (χ4v) is 3.53. The number of hydrogen-bond donors (Lipinski definition) is 1. The van der Waals surface area contributed by atoms with E-state index in [2.05, 4.69) is 10.3 Å². The topological polar surface area (TPSA) is 68.3 Å². The molecule has 1 fully saturated rings. The van der Waals surface area contributed by atoms with Crippen LogP contribution < -0.4 is 5.32 Å². The SMILES string of the molecule is CCC(=O)c1sc(SC)nc1NC(=O)C1CCOCC1. The van der Waals surface area contributed by atoms with Crippen LogP contribution in [0.3, 0.4) is 0 Å². The van der Waals surface area contributed by atoms with Gasteiger partial charge >= 0.3 is 0 Å². The molecule has 0 aromatic carbocycles. The van der Waals surface area contributed by atoms with Crippen molar-refractivity contribution in [1.82, 2.24) is 4.98 Å². The van der Waals surface area contributed by atoms with Crippen molar-refractivity contribution in [3.8, 4) is 0 Å². The van der Waals surface area contributed by atoms with Gasteiger partial charge in [0.25, 0.3) is 0 Å². The van der Waals surface area contributed by atoms with Gasteiger partial charge in [0.15, 0.2) is 15.9 Å². The summed E-state index contributed by atoms with van der Waals surface area (Å²) in [7, 11) is 0. The molecule has 1 saturated heterocycles. The molecule has 1 amide bonds. The highest BCUT2D eigenvalue weighted by atomic mass is 32.2. The van der Waals surface area contributed by atoms with Gasteiger partial charge < -0.3 is 10.1 Å². The zero-order valence-corrected chi connectivity index (χ0v) is 13.2. The molecular formula is C13H18N2O3S2. The molecule has 0 saturated carbocycles. The molecule has 0 aliphatic carbocycles. The molecule has 5 nitrogen and oxygen atoms in total. The quantitative estimate of drug-likeness (QED) is 0.668. The summed E-state index contributed by atoms with van der Waals surface area (Å²) in [6.07, 6.45) is 3.77. The van der Waals surface area contributed by atoms with Crippen LogP contribution in [-0.4, -0.2) is 36.1 Å². The van der Waals surface area contributed by atoms with Gasteiger partial charge in [-0.3, -0.25) is 9.59 Å². The van der Waals surface area contributed by atoms with Gasteiger partial charge in [0.2, 0.25) is 5.91 Å². The maximum atomic E-state index is 12.2. The second-order valence-electron chi connectivity index (χ2n) is 4.51. The van der Waals surface area contributed by atoms with Crippen molar-refractivity contribution in [3.63, 3.8) is 0 Å². The van der Waals surface area contributed by atoms with E-state index in [1.807, 2.05) is 13.2 Å². The van der Waals surface area contributed by atoms with Crippen molar-refractivity contribution in [2.24, 2.45) is 5.92 Å². The Morgan fingerprint density at radius 2 is 2.15 bits per heavy atom. The van der Waals surface area contributed by atoms with Crippen molar-refractivity contribution >= 4 is 40.6 Å². The zero-order valence-electron chi connectivity index (χ0n) is 11.6. The Balaban J connectivity index is 2.12. The third-order valence-corrected chi connectivity index (χ3v) is 5.27. The summed E-state index contributed by atoms with van der Waals surface area (Å²) in [5.41, 5.74) is 0. The van der Waals surface area contributed by atoms with E-state index in [9.17, 15) is 9.59 Å². The van der Waals surface area contributed by atoms with Crippen LogP contribution in [0.5, 0.6) is 0 Å². The van der Waals surface area contributed by atoms with Gasteiger partial charge in [-0.1, -0.05) is 18.7 Å². The number of ether oxygens (including phenoxy) is 1. The number of rotatable bonds is 5. The molecule has 0 radical (unpaired) electrons. The number of thioether (sulfide) groups is 1. The highest BCUT2D eigenvalue weighted by molar-refractivity contribution is 8.00. The largest absolute Gasteiger partial charge is 0.381 e. The summed E-state index contributed by atoms with van der Waals surface area (Å²) in [4.78, 5) is 29.0. The Morgan fingerprint density at radius 1 is 1.45 bits per heavy atom. The number of hydrogen-bond acceptors (Lipinski definition) is 6. The van der Waals surface area contributed by atoms with Gasteiger partial charge in [0, 0.05) is 25.6 Å². The van der Waals surface area contributed by atoms with Gasteiger partial charge in [0.1, 0.15) is 4.88 Å². The first-order chi connectivity index (χ1) is 9.65. The van der Waals surface area contributed by atoms with Crippen LogP contribution in [0.4, 0.5) is 5.82 Å². The van der Waals surface area contributed by atoms with Crippen LogP contribution in [0.25, 0.3) is 0 Å². The molecule has 0 unspecified atom stereocenters. The lowest BCUT2D eigenvalue weighted by Crippen LogP contribution is -2.29. The third-order valence-electron chi connectivity index (χ3n) is 3.19. The Morgan fingerprint density at radius 3 is 2.75 bits per heavy atom. The highest BCUT2D eigenvalue weighted by Crippen LogP contribution is 2.31. The molecule has 2 rings (SSSR count). The summed E-state index contributed by atoms with van der Waals surface area (Å²) in [5.74, 6) is 0.330. The number of carbonyl (C=O) groups is 2. The first-order valence-corrected chi connectivity index (χ1v) is 8.66. The minimum absolute atomic E-state index is 0.0186. The summed E-state index contributed by atoms with van der Waals surface area (Å²) in [6.45, 7) is 3.04. The van der Waals surface area contributed by atoms with E-state index in [4.69, 9.17) is 4.74 Å². The maximum absolute atomic E-state index is 12.2. The number of anilines is 1. The molecule has 0 spiro atoms. The van der Waals surface area contributed by atoms with Crippen molar-refractivity contribution in [2.45, 2.75) is 30.5 Å². The second-order valence-corrected chi connectivity index (χ2v) is 6.57. The smallest absolute Gasteiger partial charge is 0.228 e. The van der Waals surface area contributed by atoms with Gasteiger partial charge in [0.05, 0.1) is 0 Å². The lowest BCUT2D eigenvalue weighted by Gasteiger charge is -2.20. The predicted molar refractivity (Wildman–Crippen MR) is 80.7 cm³/mol. The first kappa shape index (κ1) is 15.5. The number of thiazole rings is 1. The Bertz CT molecular complexity index is 496. The third kappa shape index (κ3) is 3.59. The van der Waals surface area contributed by atoms with Crippen LogP contribution in [0.2, 0.25) is 0 Å². The summed E-state index contributed by atoms with van der Waals surface area (Å²) < 4.78 is 6.05. The van der Waals surface area contributed by atoms with E-state index in [0.717, 1.165) is 17.2 Å². The van der Waals surface area contributed by atoms with Crippen molar-refractivity contribution < 1.29 is 14.3 Å². The van der Waals surface area contributed by atoms with Crippen molar-refractivity contribution in [2.75, 3.05) is 24.8 Å². The molecule has 20 heavy (non-hydrogen) atoms. The summed E-state index contributed by atoms with van der Waals surface area (Å²) >= 11 is 2.82. The Labute approximate surface area is 126 Å². The zero-order chi connectivity index (χ0) is 14.5. The number of nitrogens with zero attached hydrogens (tertiary/aromatic N) is 1. The lowest BCUT2D eigenvalue weighted by atomic mass is 9.99. The summed E-state index contributed by atoms with van der Waals surface area (Å²) in [5, 5.41) is 2.82. The Hall–Kier alpha value is -0.920. The van der Waals surface area contributed by atoms with Gasteiger partial charge in [-0.2, -0.15) is 0 Å². The average Bonchev–Trinajstić information content (AvgIpc) is 2.90. The van der Waals surface area contributed by atoms with Crippen LogP contribution in [0, 0.1) is 5.92 Å². The second kappa shape index (κ2) is 7.19. The molecule has 1 N–H and O–H groups in total. The van der Waals surface area contributed by atoms with E-state index in [0.29, 0.717) is 30.3 Å². The van der Waals surface area contributed by atoms with Crippen LogP contribution in [-0.2, 0) is 9.53 Å². The molecular weight excluding hydrogens is 296 g/mol. The molecule has 0 atom stereocenters. The Kier molecular flexibility index (Phi) is 5.56. The minimum Gasteiger partial charge on any atom is -0.381 e. The van der Waals surface area contributed by atoms with Gasteiger partial charge in [-0.05, 0) is 19.1 Å². The molecule has 110 valence electrons. The van der Waals surface area contributed by atoms with E-state index < -0.39 is 0 Å². The van der Waals surface area contributed by atoms with E-state index >= 15 is 0 Å². The van der Waals surface area contributed by atoms with Crippen LogP contribution >= 0.6 is 23.1 Å². The molecule has 1 aromatic heterocycles. The van der Waals surface area contributed by atoms with Gasteiger partial charge in [-0.25, -0.2) is 4.98 Å². The molecule has 0 bridgehead atoms. The lowest BCUT2D eigenvalue weighted by molar-refractivity contribution is -0.122. The highest BCUT2D eigenvalue weighted by Gasteiger charge is 2.25. The van der Waals surface area contributed by atoms with Crippen LogP contribution in [0.1, 0.15) is 35.9 Å². The molecule has 2 heterocycles. The van der Waals surface area contributed by atoms with Crippen LogP contribution in [0.15, 0.2) is 4.34 Å². The summed E-state index contributed by atoms with van der Waals surface area (Å²) in [6, 6.07) is 0. The minimum atomic E-state index is -0.0589. The number of aromatic nitrogens is 1. The molecule has 1 aromatic rings.